The number of ether oxygens (including phenoxy) is 1. The largest absolute Gasteiger partial charge is 0.495 e. The van der Waals surface area contributed by atoms with Gasteiger partial charge in [0.1, 0.15) is 10.6 Å². The fourth-order valence-corrected chi connectivity index (χ4v) is 3.66. The van der Waals surface area contributed by atoms with Crippen LogP contribution in [-0.2, 0) is 10.0 Å². The molecule has 0 saturated heterocycles. The summed E-state index contributed by atoms with van der Waals surface area (Å²) in [5.74, 6) is 0.314. The molecule has 6 heteroatoms. The van der Waals surface area contributed by atoms with Gasteiger partial charge in [0, 0.05) is 18.8 Å². The molecule has 1 atom stereocenters. The molecule has 0 fully saturated rings. The van der Waals surface area contributed by atoms with Crippen molar-refractivity contribution in [3.05, 3.63) is 17.7 Å². The van der Waals surface area contributed by atoms with E-state index in [4.69, 9.17) is 10.5 Å². The lowest BCUT2D eigenvalue weighted by Gasteiger charge is -2.34. The first-order valence-electron chi connectivity index (χ1n) is 6.85. The Labute approximate surface area is 128 Å². The SMILES string of the molecule is COc1cc(C)c(N)cc1S(=O)(=O)N(C)C(C)C(C)(C)C. The van der Waals surface area contributed by atoms with E-state index in [-0.39, 0.29) is 16.4 Å². The van der Waals surface area contributed by atoms with Crippen molar-refractivity contribution in [1.82, 2.24) is 4.31 Å². The Kier molecular flexibility index (Phi) is 4.95. The molecule has 21 heavy (non-hydrogen) atoms. The first kappa shape index (κ1) is 17.8. The number of aryl methyl sites for hydroxylation is 1. The van der Waals surface area contributed by atoms with Crippen LogP contribution in [0.3, 0.4) is 0 Å². The molecule has 120 valence electrons. The van der Waals surface area contributed by atoms with E-state index in [1.54, 1.807) is 13.1 Å². The first-order valence-corrected chi connectivity index (χ1v) is 8.29. The Bertz CT molecular complexity index is 619. The maximum Gasteiger partial charge on any atom is 0.246 e. The third-order valence-corrected chi connectivity index (χ3v) is 5.96. The van der Waals surface area contributed by atoms with Gasteiger partial charge in [-0.2, -0.15) is 4.31 Å². The smallest absolute Gasteiger partial charge is 0.246 e. The number of benzene rings is 1. The van der Waals surface area contributed by atoms with Crippen molar-refractivity contribution in [1.29, 1.82) is 0 Å². The van der Waals surface area contributed by atoms with Gasteiger partial charge < -0.3 is 10.5 Å². The zero-order valence-corrected chi connectivity index (χ0v) is 14.7. The molecule has 1 aromatic carbocycles. The van der Waals surface area contributed by atoms with Crippen molar-refractivity contribution in [3.63, 3.8) is 0 Å². The maximum absolute atomic E-state index is 12.9. The molecule has 0 radical (unpaired) electrons. The Hall–Kier alpha value is -1.27. The molecule has 0 aliphatic rings. The number of anilines is 1. The van der Waals surface area contributed by atoms with E-state index in [0.29, 0.717) is 11.4 Å². The summed E-state index contributed by atoms with van der Waals surface area (Å²) >= 11 is 0. The molecule has 0 spiro atoms. The van der Waals surface area contributed by atoms with Gasteiger partial charge in [-0.05, 0) is 37.0 Å². The van der Waals surface area contributed by atoms with Gasteiger partial charge in [-0.1, -0.05) is 20.8 Å². The minimum absolute atomic E-state index is 0.103. The number of nitrogens with two attached hydrogens (primary N) is 1. The number of hydrogen-bond acceptors (Lipinski definition) is 4. The zero-order valence-electron chi connectivity index (χ0n) is 13.9. The van der Waals surface area contributed by atoms with E-state index < -0.39 is 10.0 Å². The van der Waals surface area contributed by atoms with Gasteiger partial charge in [0.2, 0.25) is 10.0 Å². The third kappa shape index (κ3) is 3.49. The molecule has 0 aliphatic heterocycles. The average molecular weight is 314 g/mol. The van der Waals surface area contributed by atoms with Crippen molar-refractivity contribution < 1.29 is 13.2 Å². The van der Waals surface area contributed by atoms with Crippen molar-refractivity contribution in [2.75, 3.05) is 19.9 Å². The number of hydrogen-bond donors (Lipinski definition) is 1. The summed E-state index contributed by atoms with van der Waals surface area (Å²) in [6, 6.07) is 2.95. The van der Waals surface area contributed by atoms with Gasteiger partial charge in [0.05, 0.1) is 7.11 Å². The zero-order chi connectivity index (χ0) is 16.6. The molecule has 1 aromatic rings. The average Bonchev–Trinajstić information content (AvgIpc) is 2.38. The number of methoxy groups -OCH3 is 1. The van der Waals surface area contributed by atoms with Crippen molar-refractivity contribution in [2.24, 2.45) is 5.41 Å². The van der Waals surface area contributed by atoms with Gasteiger partial charge in [-0.15, -0.1) is 0 Å². The van der Waals surface area contributed by atoms with E-state index in [0.717, 1.165) is 5.56 Å². The Morgan fingerprint density at radius 3 is 2.24 bits per heavy atom. The van der Waals surface area contributed by atoms with E-state index in [9.17, 15) is 8.42 Å². The quantitative estimate of drug-likeness (QED) is 0.867. The summed E-state index contributed by atoms with van der Waals surface area (Å²) in [7, 11) is -0.635. The van der Waals surface area contributed by atoms with E-state index in [1.807, 2.05) is 34.6 Å². The van der Waals surface area contributed by atoms with Crippen LogP contribution in [0.5, 0.6) is 5.75 Å². The van der Waals surface area contributed by atoms with Gasteiger partial charge in [-0.25, -0.2) is 8.42 Å². The Morgan fingerprint density at radius 2 is 1.81 bits per heavy atom. The second-order valence-electron chi connectivity index (χ2n) is 6.42. The van der Waals surface area contributed by atoms with Gasteiger partial charge >= 0.3 is 0 Å². The topological polar surface area (TPSA) is 72.6 Å². The van der Waals surface area contributed by atoms with Crippen LogP contribution in [0.4, 0.5) is 5.69 Å². The van der Waals surface area contributed by atoms with Crippen LogP contribution in [-0.4, -0.2) is 32.9 Å². The summed E-state index contributed by atoms with van der Waals surface area (Å²) in [6.07, 6.45) is 0. The monoisotopic (exact) mass is 314 g/mol. The summed E-state index contributed by atoms with van der Waals surface area (Å²) in [5, 5.41) is 0. The predicted molar refractivity (Wildman–Crippen MR) is 86.0 cm³/mol. The molecule has 0 saturated carbocycles. The maximum atomic E-state index is 12.9. The van der Waals surface area contributed by atoms with Gasteiger partial charge in [0.15, 0.2) is 0 Å². The number of nitrogens with zero attached hydrogens (tertiary/aromatic N) is 1. The lowest BCUT2D eigenvalue weighted by molar-refractivity contribution is 0.216. The van der Waals surface area contributed by atoms with Crippen LogP contribution in [0.1, 0.15) is 33.3 Å². The van der Waals surface area contributed by atoms with E-state index in [1.165, 1.54) is 17.5 Å². The number of nitrogen functional groups attached to an aromatic ring is 1. The van der Waals surface area contributed by atoms with E-state index >= 15 is 0 Å². The minimum atomic E-state index is -3.68. The molecule has 0 bridgehead atoms. The van der Waals surface area contributed by atoms with Crippen LogP contribution in [0.15, 0.2) is 17.0 Å². The lowest BCUT2D eigenvalue weighted by Crippen LogP contribution is -2.43. The fraction of sp³-hybridized carbons (Fsp3) is 0.600. The summed E-state index contributed by atoms with van der Waals surface area (Å²) in [4.78, 5) is 0.103. The van der Waals surface area contributed by atoms with Crippen LogP contribution in [0, 0.1) is 12.3 Å². The lowest BCUT2D eigenvalue weighted by atomic mass is 9.88. The van der Waals surface area contributed by atoms with Crippen molar-refractivity contribution in [3.8, 4) is 5.75 Å². The highest BCUT2D eigenvalue weighted by Crippen LogP contribution is 2.34. The molecular formula is C15H26N2O3S. The highest BCUT2D eigenvalue weighted by Gasteiger charge is 2.34. The van der Waals surface area contributed by atoms with E-state index in [2.05, 4.69) is 0 Å². The third-order valence-electron chi connectivity index (χ3n) is 4.01. The molecule has 0 aromatic heterocycles. The van der Waals surface area contributed by atoms with Crippen LogP contribution in [0.2, 0.25) is 0 Å². The molecular weight excluding hydrogens is 288 g/mol. The molecule has 2 N–H and O–H groups in total. The number of rotatable bonds is 4. The molecule has 0 heterocycles. The molecule has 0 amide bonds. The Morgan fingerprint density at radius 1 is 1.29 bits per heavy atom. The fourth-order valence-electron chi connectivity index (χ4n) is 1.95. The summed E-state index contributed by atoms with van der Waals surface area (Å²) in [6.45, 7) is 9.72. The van der Waals surface area contributed by atoms with Crippen molar-refractivity contribution >= 4 is 15.7 Å². The standard InChI is InChI=1S/C15H26N2O3S/c1-10-8-13(20-7)14(9-12(10)16)21(18,19)17(6)11(2)15(3,4)5/h8-9,11H,16H2,1-7H3. The van der Waals surface area contributed by atoms with Crippen LogP contribution >= 0.6 is 0 Å². The van der Waals surface area contributed by atoms with Crippen LogP contribution < -0.4 is 10.5 Å². The van der Waals surface area contributed by atoms with Gasteiger partial charge in [-0.3, -0.25) is 0 Å². The predicted octanol–water partition coefficient (Wildman–Crippen LogP) is 2.64. The molecule has 1 unspecified atom stereocenters. The second kappa shape index (κ2) is 5.85. The normalized spacial score (nSPS) is 14.3. The molecule has 1 rings (SSSR count). The highest BCUT2D eigenvalue weighted by molar-refractivity contribution is 7.89. The summed E-state index contributed by atoms with van der Waals surface area (Å²) < 4.78 is 32.3. The number of sulfonamides is 1. The second-order valence-corrected chi connectivity index (χ2v) is 8.39. The van der Waals surface area contributed by atoms with Crippen molar-refractivity contribution in [2.45, 2.75) is 45.6 Å². The Balaban J connectivity index is 3.41. The highest BCUT2D eigenvalue weighted by atomic mass is 32.2. The van der Waals surface area contributed by atoms with Crippen LogP contribution in [0.25, 0.3) is 0 Å². The first-order chi connectivity index (χ1) is 9.42. The molecule has 5 nitrogen and oxygen atoms in total. The summed E-state index contributed by atoms with van der Waals surface area (Å²) in [5.41, 5.74) is 6.91. The van der Waals surface area contributed by atoms with Gasteiger partial charge in [0.25, 0.3) is 0 Å². The minimum Gasteiger partial charge on any atom is -0.495 e. The molecule has 0 aliphatic carbocycles.